The van der Waals surface area contributed by atoms with Gasteiger partial charge in [0.15, 0.2) is 0 Å². The van der Waals surface area contributed by atoms with Crippen LogP contribution in [-0.4, -0.2) is 27.1 Å². The van der Waals surface area contributed by atoms with Gasteiger partial charge in [-0.2, -0.15) is 5.26 Å². The fourth-order valence-electron chi connectivity index (χ4n) is 4.14. The quantitative estimate of drug-likeness (QED) is 0.291. The van der Waals surface area contributed by atoms with Gasteiger partial charge in [-0.05, 0) is 47.2 Å². The summed E-state index contributed by atoms with van der Waals surface area (Å²) < 4.78 is 4.91. The van der Waals surface area contributed by atoms with Crippen molar-refractivity contribution in [2.24, 2.45) is 0 Å². The van der Waals surface area contributed by atoms with Crippen LogP contribution in [0, 0.1) is 18.3 Å². The molecule has 8 heteroatoms. The fraction of sp³-hybridized carbons (Fsp3) is 0.0345. The Morgan fingerprint density at radius 1 is 0.865 bits per heavy atom. The lowest BCUT2D eigenvalue weighted by molar-refractivity contribution is 0.0696. The smallest absolute Gasteiger partial charge is 0.336 e. The third kappa shape index (κ3) is 4.88. The van der Waals surface area contributed by atoms with Crippen LogP contribution >= 0.6 is 0 Å². The van der Waals surface area contributed by atoms with Crippen molar-refractivity contribution in [1.82, 2.24) is 4.98 Å². The largest absolute Gasteiger partial charge is 0.478 e. The minimum atomic E-state index is -1.16. The number of fused-ring (bicyclic) bond motifs is 1. The summed E-state index contributed by atoms with van der Waals surface area (Å²) in [6.45, 7) is 1.48. The molecule has 0 saturated heterocycles. The van der Waals surface area contributed by atoms with Gasteiger partial charge in [0.25, 0.3) is 5.56 Å². The van der Waals surface area contributed by atoms with E-state index in [1.807, 2.05) is 48.5 Å². The van der Waals surface area contributed by atoms with Crippen LogP contribution in [0.2, 0.25) is 0 Å². The second kappa shape index (κ2) is 10.5. The summed E-state index contributed by atoms with van der Waals surface area (Å²) in [6, 6.07) is 23.5. The molecule has 0 aliphatic heterocycles. The monoisotopic (exact) mass is 492 g/mol. The van der Waals surface area contributed by atoms with Gasteiger partial charge in [0.2, 0.25) is 0 Å². The molecule has 8 nitrogen and oxygen atoms in total. The van der Waals surface area contributed by atoms with E-state index in [9.17, 15) is 24.8 Å². The number of aromatic carboxylic acids is 2. The standard InChI is InChI=1S/C16H10N2O.C13H10O5/c17-10-14-15(11-6-2-1-3-7-11)12-8-4-5-9-13(12)16(19)18-14;1-7-9(12(14)15)2-3-10(11(7)13(16)17)8-4-5-18-6-8/h1-9H,(H,18,19);2-6H,1H3,(H,14,15)(H,16,17). The first kappa shape index (κ1) is 24.7. The minimum Gasteiger partial charge on any atom is -0.478 e. The van der Waals surface area contributed by atoms with Crippen molar-refractivity contribution >= 4 is 22.7 Å². The first-order valence-corrected chi connectivity index (χ1v) is 11.1. The number of pyridine rings is 1. The SMILES string of the molecule is Cc1c(C(=O)O)ccc(-c2ccoc2)c1C(=O)O.N#Cc1[nH]c(=O)c2ccccc2c1-c1ccccc1. The average Bonchev–Trinajstić information content (AvgIpc) is 3.44. The van der Waals surface area contributed by atoms with E-state index in [1.165, 1.54) is 31.6 Å². The molecule has 0 aliphatic rings. The number of rotatable bonds is 4. The van der Waals surface area contributed by atoms with E-state index in [4.69, 9.17) is 9.52 Å². The van der Waals surface area contributed by atoms with Gasteiger partial charge in [-0.15, -0.1) is 0 Å². The lowest BCUT2D eigenvalue weighted by atomic mass is 9.94. The zero-order valence-electron chi connectivity index (χ0n) is 19.6. The molecule has 0 fully saturated rings. The number of nitrogens with zero attached hydrogens (tertiary/aromatic N) is 1. The first-order chi connectivity index (χ1) is 17.8. The highest BCUT2D eigenvalue weighted by atomic mass is 16.4. The lowest BCUT2D eigenvalue weighted by Gasteiger charge is -2.10. The molecule has 2 heterocycles. The van der Waals surface area contributed by atoms with Crippen molar-refractivity contribution in [3.8, 4) is 28.3 Å². The predicted molar refractivity (Wildman–Crippen MR) is 138 cm³/mol. The van der Waals surface area contributed by atoms with Crippen molar-refractivity contribution in [2.45, 2.75) is 6.92 Å². The summed E-state index contributed by atoms with van der Waals surface area (Å²) in [4.78, 5) is 36.9. The summed E-state index contributed by atoms with van der Waals surface area (Å²) in [5.41, 5.74) is 3.02. The molecule has 3 aromatic carbocycles. The Hall–Kier alpha value is -5.42. The predicted octanol–water partition coefficient (Wildman–Crippen LogP) is 5.72. The number of aromatic amines is 1. The molecule has 0 radical (unpaired) electrons. The van der Waals surface area contributed by atoms with Crippen LogP contribution in [0.3, 0.4) is 0 Å². The summed E-state index contributed by atoms with van der Waals surface area (Å²) in [6.07, 6.45) is 2.85. The van der Waals surface area contributed by atoms with Gasteiger partial charge in [0.1, 0.15) is 11.8 Å². The molecule has 0 unspecified atom stereocenters. The number of aromatic nitrogens is 1. The second-order valence-electron chi connectivity index (χ2n) is 8.01. The zero-order valence-corrected chi connectivity index (χ0v) is 19.6. The number of nitrogens with one attached hydrogen (secondary N) is 1. The van der Waals surface area contributed by atoms with Gasteiger partial charge in [0, 0.05) is 16.5 Å². The van der Waals surface area contributed by atoms with Crippen LogP contribution < -0.4 is 5.56 Å². The number of carboxylic acids is 2. The minimum absolute atomic E-state index is 0.0142. The van der Waals surface area contributed by atoms with Crippen LogP contribution in [-0.2, 0) is 0 Å². The van der Waals surface area contributed by atoms with Crippen LogP contribution in [0.25, 0.3) is 33.0 Å². The number of carbonyl (C=O) groups is 2. The highest BCUT2D eigenvalue weighted by molar-refractivity contribution is 6.02. The summed E-state index contributed by atoms with van der Waals surface area (Å²) >= 11 is 0. The van der Waals surface area contributed by atoms with Gasteiger partial charge in [-0.3, -0.25) is 4.79 Å². The Bertz CT molecular complexity index is 1710. The molecule has 0 saturated carbocycles. The van der Waals surface area contributed by atoms with E-state index in [-0.39, 0.29) is 22.2 Å². The number of hydrogen-bond donors (Lipinski definition) is 3. The highest BCUT2D eigenvalue weighted by Crippen LogP contribution is 2.30. The molecule has 0 bridgehead atoms. The number of benzene rings is 3. The van der Waals surface area contributed by atoms with Crippen molar-refractivity contribution < 1.29 is 24.2 Å². The van der Waals surface area contributed by atoms with Crippen LogP contribution in [0.15, 0.2) is 94.5 Å². The number of carboxylic acid groups (broad SMARTS) is 2. The van der Waals surface area contributed by atoms with E-state index >= 15 is 0 Å². The van der Waals surface area contributed by atoms with Crippen LogP contribution in [0.5, 0.6) is 0 Å². The van der Waals surface area contributed by atoms with Crippen molar-refractivity contribution in [3.63, 3.8) is 0 Å². The molecule has 0 atom stereocenters. The molecule has 3 N–H and O–H groups in total. The molecule has 5 aromatic rings. The Balaban J connectivity index is 0.000000173. The molecular formula is C29H20N2O6. The Morgan fingerprint density at radius 2 is 1.54 bits per heavy atom. The number of H-pyrrole nitrogens is 1. The lowest BCUT2D eigenvalue weighted by Crippen LogP contribution is -2.09. The van der Waals surface area contributed by atoms with Gasteiger partial charge in [0.05, 0.1) is 23.7 Å². The molecule has 182 valence electrons. The van der Waals surface area contributed by atoms with Gasteiger partial charge >= 0.3 is 11.9 Å². The van der Waals surface area contributed by atoms with E-state index in [0.717, 1.165) is 16.5 Å². The Kier molecular flexibility index (Phi) is 6.98. The normalized spacial score (nSPS) is 10.3. The van der Waals surface area contributed by atoms with Gasteiger partial charge < -0.3 is 19.6 Å². The van der Waals surface area contributed by atoms with E-state index < -0.39 is 11.9 Å². The van der Waals surface area contributed by atoms with Gasteiger partial charge in [-0.25, -0.2) is 9.59 Å². The van der Waals surface area contributed by atoms with Crippen molar-refractivity contribution in [2.75, 3.05) is 0 Å². The summed E-state index contributed by atoms with van der Waals surface area (Å²) in [5, 5.41) is 28.9. The maximum Gasteiger partial charge on any atom is 0.336 e. The van der Waals surface area contributed by atoms with E-state index in [0.29, 0.717) is 22.2 Å². The molecule has 0 amide bonds. The van der Waals surface area contributed by atoms with Crippen LogP contribution in [0.4, 0.5) is 0 Å². The maximum absolute atomic E-state index is 11.9. The molecule has 37 heavy (non-hydrogen) atoms. The molecule has 5 rings (SSSR count). The third-order valence-electron chi connectivity index (χ3n) is 5.85. The number of hydrogen-bond acceptors (Lipinski definition) is 5. The van der Waals surface area contributed by atoms with Gasteiger partial charge in [-0.1, -0.05) is 54.6 Å². The summed E-state index contributed by atoms with van der Waals surface area (Å²) in [7, 11) is 0. The zero-order chi connectivity index (χ0) is 26.5. The highest BCUT2D eigenvalue weighted by Gasteiger charge is 2.20. The number of furan rings is 1. The first-order valence-electron chi connectivity index (χ1n) is 11.1. The molecule has 0 aliphatic carbocycles. The van der Waals surface area contributed by atoms with Crippen LogP contribution in [0.1, 0.15) is 32.0 Å². The van der Waals surface area contributed by atoms with E-state index in [2.05, 4.69) is 11.1 Å². The maximum atomic E-state index is 11.9. The molecule has 0 spiro atoms. The Labute approximate surface area is 210 Å². The van der Waals surface area contributed by atoms with Crippen molar-refractivity contribution in [3.05, 3.63) is 118 Å². The molecular weight excluding hydrogens is 472 g/mol. The second-order valence-corrected chi connectivity index (χ2v) is 8.01. The third-order valence-corrected chi connectivity index (χ3v) is 5.85. The van der Waals surface area contributed by atoms with Crippen molar-refractivity contribution in [1.29, 1.82) is 5.26 Å². The fourth-order valence-corrected chi connectivity index (χ4v) is 4.14. The number of nitriles is 1. The molecule has 2 aromatic heterocycles. The Morgan fingerprint density at radius 3 is 2.14 bits per heavy atom. The summed E-state index contributed by atoms with van der Waals surface area (Å²) in [5.74, 6) is -2.31. The average molecular weight is 492 g/mol. The van der Waals surface area contributed by atoms with E-state index in [1.54, 1.807) is 12.1 Å². The topological polar surface area (TPSA) is 144 Å².